The van der Waals surface area contributed by atoms with E-state index in [1.54, 1.807) is 0 Å². The van der Waals surface area contributed by atoms with Gasteiger partial charge in [-0.1, -0.05) is 72.8 Å². The predicted molar refractivity (Wildman–Crippen MR) is 128 cm³/mol. The fraction of sp³-hybridized carbons (Fsp3) is 0.296. The number of nitrogens with one attached hydrogen (secondary N) is 2. The third-order valence-electron chi connectivity index (χ3n) is 5.83. The summed E-state index contributed by atoms with van der Waals surface area (Å²) in [5, 5.41) is 14.7. The van der Waals surface area contributed by atoms with E-state index in [0.29, 0.717) is 19.3 Å². The topological polar surface area (TPSA) is 95.5 Å². The molecule has 0 unspecified atom stereocenters. The first kappa shape index (κ1) is 24.0. The van der Waals surface area contributed by atoms with Crippen molar-refractivity contribution in [3.8, 4) is 11.1 Å². The molecule has 3 N–H and O–H groups in total. The molecule has 2 aliphatic carbocycles. The second-order valence-corrected chi connectivity index (χ2v) is 8.19. The van der Waals surface area contributed by atoms with Crippen LogP contribution in [0, 0.1) is 5.92 Å². The van der Waals surface area contributed by atoms with Gasteiger partial charge in [0.05, 0.1) is 6.42 Å². The van der Waals surface area contributed by atoms with E-state index in [9.17, 15) is 19.5 Å². The zero-order valence-electron chi connectivity index (χ0n) is 18.8. The molecule has 0 spiro atoms. The molecule has 0 bridgehead atoms. The van der Waals surface area contributed by atoms with Crippen molar-refractivity contribution in [3.05, 3.63) is 83.9 Å². The number of carbonyl (C=O) groups excluding carboxylic acids is 2. The van der Waals surface area contributed by atoms with Gasteiger partial charge in [-0.15, -0.1) is 0 Å². The molecule has 6 heteroatoms. The summed E-state index contributed by atoms with van der Waals surface area (Å²) in [6.07, 6.45) is 1.92. The summed E-state index contributed by atoms with van der Waals surface area (Å²) in [4.78, 5) is 36.8. The van der Waals surface area contributed by atoms with Gasteiger partial charge in [0.15, 0.2) is 0 Å². The van der Waals surface area contributed by atoms with Gasteiger partial charge in [0.2, 0.25) is 11.8 Å². The van der Waals surface area contributed by atoms with Gasteiger partial charge in [-0.05, 0) is 41.5 Å². The summed E-state index contributed by atoms with van der Waals surface area (Å²) in [7, 11) is 1.52. The van der Waals surface area contributed by atoms with E-state index in [1.807, 2.05) is 48.5 Å². The number of carboxylic acids is 1. The van der Waals surface area contributed by atoms with Crippen LogP contribution in [0.5, 0.6) is 0 Å². The predicted octanol–water partition coefficient (Wildman–Crippen LogP) is 3.68. The van der Waals surface area contributed by atoms with Crippen LogP contribution in [-0.4, -0.2) is 36.0 Å². The van der Waals surface area contributed by atoms with Crippen LogP contribution in [0.15, 0.2) is 72.8 Å². The second-order valence-electron chi connectivity index (χ2n) is 8.19. The lowest BCUT2D eigenvalue weighted by atomic mass is 9.94. The number of carbonyl (C=O) groups is 3. The van der Waals surface area contributed by atoms with Gasteiger partial charge in [-0.25, -0.2) is 0 Å². The number of hydrogen-bond donors (Lipinski definition) is 3. The van der Waals surface area contributed by atoms with E-state index >= 15 is 0 Å². The lowest BCUT2D eigenvalue weighted by Crippen LogP contribution is -2.49. The van der Waals surface area contributed by atoms with E-state index in [2.05, 4.69) is 34.9 Å². The van der Waals surface area contributed by atoms with Gasteiger partial charge in [0.25, 0.3) is 0 Å². The van der Waals surface area contributed by atoms with Crippen LogP contribution in [0.25, 0.3) is 11.1 Å². The largest absolute Gasteiger partial charge is 0.481 e. The van der Waals surface area contributed by atoms with Crippen molar-refractivity contribution < 1.29 is 19.5 Å². The van der Waals surface area contributed by atoms with Gasteiger partial charge in [0.1, 0.15) is 6.04 Å². The number of aryl methyl sites for hydroxylation is 1. The summed E-state index contributed by atoms with van der Waals surface area (Å²) in [5.41, 5.74) is 4.42. The molecular weight excluding hydrogens is 416 g/mol. The van der Waals surface area contributed by atoms with Crippen LogP contribution < -0.4 is 10.6 Å². The third-order valence-corrected chi connectivity index (χ3v) is 5.83. The number of amides is 2. The van der Waals surface area contributed by atoms with Crippen molar-refractivity contribution >= 4 is 17.8 Å². The zero-order chi connectivity index (χ0) is 23.6. The number of likely N-dealkylation sites (N-methyl/N-ethyl adjacent to an activating group) is 1. The summed E-state index contributed by atoms with van der Waals surface area (Å²) in [5.74, 6) is -2.44. The van der Waals surface area contributed by atoms with Crippen LogP contribution in [0.3, 0.4) is 0 Å². The van der Waals surface area contributed by atoms with Crippen molar-refractivity contribution in [1.82, 2.24) is 10.6 Å². The van der Waals surface area contributed by atoms with Crippen LogP contribution in [0.4, 0.5) is 0 Å². The summed E-state index contributed by atoms with van der Waals surface area (Å²) < 4.78 is 0. The number of benzene rings is 1. The third kappa shape index (κ3) is 6.91. The molecule has 0 aromatic heterocycles. The lowest BCUT2D eigenvalue weighted by Gasteiger charge is -2.21. The maximum Gasteiger partial charge on any atom is 0.304 e. The average molecular weight is 447 g/mol. The van der Waals surface area contributed by atoms with Crippen molar-refractivity contribution in [2.24, 2.45) is 5.92 Å². The fourth-order valence-electron chi connectivity index (χ4n) is 4.10. The summed E-state index contributed by atoms with van der Waals surface area (Å²) in [6.45, 7) is 0. The highest BCUT2D eigenvalue weighted by Gasteiger charge is 2.27. The molecule has 2 amide bonds. The van der Waals surface area contributed by atoms with Crippen molar-refractivity contribution in [2.75, 3.05) is 7.05 Å². The van der Waals surface area contributed by atoms with Crippen LogP contribution >= 0.6 is 0 Å². The fourth-order valence-corrected chi connectivity index (χ4v) is 4.10. The average Bonchev–Trinajstić information content (AvgIpc) is 3.03. The van der Waals surface area contributed by atoms with Gasteiger partial charge in [0, 0.05) is 19.4 Å². The Morgan fingerprint density at radius 1 is 0.879 bits per heavy atom. The normalized spacial score (nSPS) is 12.6. The minimum absolute atomic E-state index is 0.269. The molecule has 1 aromatic rings. The maximum absolute atomic E-state index is 13.0. The Bertz CT molecular complexity index is 1050. The molecule has 0 saturated carbocycles. The molecule has 33 heavy (non-hydrogen) atoms. The first-order chi connectivity index (χ1) is 16.0. The van der Waals surface area contributed by atoms with Crippen molar-refractivity contribution in [3.63, 3.8) is 0 Å². The Hall–Kier alpha value is -3.67. The molecule has 1 aromatic carbocycles. The number of rotatable bonds is 11. The monoisotopic (exact) mass is 446 g/mol. The lowest BCUT2D eigenvalue weighted by molar-refractivity contribution is -0.141. The molecule has 6 nitrogen and oxygen atoms in total. The van der Waals surface area contributed by atoms with Crippen LogP contribution in [0.1, 0.15) is 30.4 Å². The minimum atomic E-state index is -1.03. The Morgan fingerprint density at radius 3 is 2.27 bits per heavy atom. The van der Waals surface area contributed by atoms with E-state index in [0.717, 1.165) is 17.5 Å². The van der Waals surface area contributed by atoms with Crippen LogP contribution in [0.2, 0.25) is 0 Å². The standard InChI is InChI=1S/C27H30N2O4/c1-28-27(33)24(17-19-9-4-2-5-10-19)29-26(32)22(18-25(30)31)13-8-12-21-16-15-20-11-6-3-7-14-23(20)21/h2-7,9-11,14-16,22,24H,8,12-13,17-18H2,1H3,(H,28,33)(H,29,32)(H,30,31)/t22-,24+/m1/s1. The number of aliphatic carboxylic acids is 1. The minimum Gasteiger partial charge on any atom is -0.481 e. The molecule has 172 valence electrons. The van der Waals surface area contributed by atoms with E-state index in [4.69, 9.17) is 0 Å². The molecular formula is C27H30N2O4. The number of fused-ring (bicyclic) bond motifs is 1. The number of hydrogen-bond acceptors (Lipinski definition) is 3. The van der Waals surface area contributed by atoms with Crippen molar-refractivity contribution in [1.29, 1.82) is 0 Å². The Balaban J connectivity index is 1.64. The molecule has 0 heterocycles. The highest BCUT2D eigenvalue weighted by molar-refractivity contribution is 5.90. The molecule has 0 saturated heterocycles. The first-order valence-corrected chi connectivity index (χ1v) is 11.2. The Kier molecular flexibility index (Phi) is 8.58. The van der Waals surface area contributed by atoms with Gasteiger partial charge >= 0.3 is 5.97 Å². The SMILES string of the molecule is CNC(=O)[C@H](Cc1ccccc1)NC(=O)[C@H](CCCc1ccc2cccccc1-2)CC(=O)O. The highest BCUT2D eigenvalue weighted by atomic mass is 16.4. The molecule has 2 atom stereocenters. The van der Waals surface area contributed by atoms with E-state index in [-0.39, 0.29) is 12.3 Å². The number of carboxylic acid groups (broad SMARTS) is 1. The molecule has 0 fully saturated rings. The molecule has 0 radical (unpaired) electrons. The Labute approximate surface area is 194 Å². The molecule has 2 aliphatic rings. The summed E-state index contributed by atoms with van der Waals surface area (Å²) in [6, 6.07) is 22.9. The maximum atomic E-state index is 13.0. The van der Waals surface area contributed by atoms with Gasteiger partial charge in [-0.2, -0.15) is 0 Å². The second kappa shape index (κ2) is 11.8. The molecule has 3 rings (SSSR count). The summed E-state index contributed by atoms with van der Waals surface area (Å²) >= 11 is 0. The van der Waals surface area contributed by atoms with Crippen molar-refractivity contribution in [2.45, 2.75) is 38.1 Å². The van der Waals surface area contributed by atoms with E-state index in [1.165, 1.54) is 18.2 Å². The van der Waals surface area contributed by atoms with E-state index < -0.39 is 23.8 Å². The highest BCUT2D eigenvalue weighted by Crippen LogP contribution is 2.28. The Morgan fingerprint density at radius 2 is 1.58 bits per heavy atom. The molecule has 0 aliphatic heterocycles. The first-order valence-electron chi connectivity index (χ1n) is 11.2. The van der Waals surface area contributed by atoms with Gasteiger partial charge < -0.3 is 15.7 Å². The quantitative estimate of drug-likeness (QED) is 0.419. The smallest absolute Gasteiger partial charge is 0.304 e. The zero-order valence-corrected chi connectivity index (χ0v) is 18.8. The van der Waals surface area contributed by atoms with Gasteiger partial charge in [-0.3, -0.25) is 14.4 Å². The van der Waals surface area contributed by atoms with Crippen LogP contribution in [-0.2, 0) is 27.2 Å².